The lowest BCUT2D eigenvalue weighted by molar-refractivity contribution is 0.102. The Bertz CT molecular complexity index is 1270. The van der Waals surface area contributed by atoms with Crippen LogP contribution in [0.25, 0.3) is 11.0 Å². The van der Waals surface area contributed by atoms with Crippen molar-refractivity contribution in [3.63, 3.8) is 0 Å². The van der Waals surface area contributed by atoms with Gasteiger partial charge < -0.3 is 5.32 Å². The van der Waals surface area contributed by atoms with Gasteiger partial charge in [-0.15, -0.1) is 0 Å². The first-order chi connectivity index (χ1) is 14.4. The van der Waals surface area contributed by atoms with E-state index in [1.807, 2.05) is 75.5 Å². The number of nitrogens with one attached hydrogen (secondary N) is 1. The number of fused-ring (bicyclic) bond motifs is 1. The maximum Gasteiger partial charge on any atom is 0.256 e. The summed E-state index contributed by atoms with van der Waals surface area (Å²) in [5, 5.41) is 8.11. The third-order valence-corrected chi connectivity index (χ3v) is 6.22. The first-order valence-electron chi connectivity index (χ1n) is 9.57. The fourth-order valence-electron chi connectivity index (χ4n) is 3.49. The predicted octanol–water partition coefficient (Wildman–Crippen LogP) is 4.15. The van der Waals surface area contributed by atoms with Crippen molar-refractivity contribution in [1.29, 1.82) is 0 Å². The highest BCUT2D eigenvalue weighted by molar-refractivity contribution is 7.84. The van der Waals surface area contributed by atoms with Crippen LogP contribution in [0.15, 0.2) is 65.6 Å². The Morgan fingerprint density at radius 1 is 1.07 bits per heavy atom. The molecule has 0 aliphatic rings. The minimum atomic E-state index is -1.15. The van der Waals surface area contributed by atoms with Crippen molar-refractivity contribution in [3.8, 4) is 0 Å². The van der Waals surface area contributed by atoms with Crippen LogP contribution in [0.1, 0.15) is 27.3 Å². The number of carbonyl (C=O) groups is 1. The van der Waals surface area contributed by atoms with Gasteiger partial charge in [-0.3, -0.25) is 13.7 Å². The molecular weight excluding hydrogens is 396 g/mol. The molecule has 0 saturated carbocycles. The number of carbonyl (C=O) groups excluding carboxylic acids is 1. The molecule has 4 rings (SSSR count). The van der Waals surface area contributed by atoms with Gasteiger partial charge in [0.05, 0.1) is 33.2 Å². The van der Waals surface area contributed by atoms with Crippen molar-refractivity contribution in [2.24, 2.45) is 7.05 Å². The number of hydrogen-bond donors (Lipinski definition) is 1. The van der Waals surface area contributed by atoms with Crippen LogP contribution in [0.3, 0.4) is 0 Å². The van der Waals surface area contributed by atoms with Gasteiger partial charge in [0.25, 0.3) is 5.91 Å². The molecule has 1 N–H and O–H groups in total. The summed E-state index contributed by atoms with van der Waals surface area (Å²) in [5.41, 5.74) is 4.29. The maximum absolute atomic E-state index is 13.1. The van der Waals surface area contributed by atoms with Crippen molar-refractivity contribution in [3.05, 3.63) is 83.2 Å². The number of nitrogens with zero attached hydrogens (tertiary/aromatic N) is 3. The van der Waals surface area contributed by atoms with E-state index < -0.39 is 10.8 Å². The van der Waals surface area contributed by atoms with Gasteiger partial charge >= 0.3 is 0 Å². The molecule has 6 nitrogen and oxygen atoms in total. The SMILES string of the molecule is Cc1cc(C(=O)Nc2cccc(CS(=O)c3ccccc3)c2)c2c(C)nn(C)c2n1. The van der Waals surface area contributed by atoms with Crippen LogP contribution in [0.4, 0.5) is 5.69 Å². The number of amides is 1. The molecule has 1 amide bonds. The Morgan fingerprint density at radius 2 is 1.83 bits per heavy atom. The van der Waals surface area contributed by atoms with E-state index in [1.54, 1.807) is 10.7 Å². The summed E-state index contributed by atoms with van der Waals surface area (Å²) < 4.78 is 14.3. The molecule has 4 aromatic rings. The average molecular weight is 419 g/mol. The van der Waals surface area contributed by atoms with Crippen LogP contribution < -0.4 is 5.32 Å². The Balaban J connectivity index is 1.58. The van der Waals surface area contributed by atoms with E-state index in [0.717, 1.165) is 27.2 Å². The summed E-state index contributed by atoms with van der Waals surface area (Å²) >= 11 is 0. The number of aromatic nitrogens is 3. The molecule has 0 aliphatic carbocycles. The van der Waals surface area contributed by atoms with E-state index in [-0.39, 0.29) is 5.91 Å². The normalized spacial score (nSPS) is 12.1. The fourth-order valence-corrected chi connectivity index (χ4v) is 4.60. The summed E-state index contributed by atoms with van der Waals surface area (Å²) in [6.07, 6.45) is 0. The quantitative estimate of drug-likeness (QED) is 0.528. The number of hydrogen-bond acceptors (Lipinski definition) is 4. The van der Waals surface area contributed by atoms with E-state index in [2.05, 4.69) is 15.4 Å². The van der Waals surface area contributed by atoms with Crippen molar-refractivity contribution in [1.82, 2.24) is 14.8 Å². The van der Waals surface area contributed by atoms with Crippen LogP contribution >= 0.6 is 0 Å². The van der Waals surface area contributed by atoms with Crippen LogP contribution in [0, 0.1) is 13.8 Å². The Hall–Kier alpha value is -3.32. The van der Waals surface area contributed by atoms with E-state index in [4.69, 9.17) is 0 Å². The largest absolute Gasteiger partial charge is 0.322 e. The van der Waals surface area contributed by atoms with Gasteiger partial charge in [-0.05, 0) is 49.7 Å². The Kier molecular flexibility index (Phi) is 5.46. The molecule has 2 heterocycles. The molecule has 1 unspecified atom stereocenters. The molecule has 2 aromatic carbocycles. The Labute approximate surface area is 177 Å². The van der Waals surface area contributed by atoms with Crippen LogP contribution in [-0.4, -0.2) is 24.9 Å². The molecule has 2 aromatic heterocycles. The summed E-state index contributed by atoms with van der Waals surface area (Å²) in [6.45, 7) is 3.73. The molecule has 1 atom stereocenters. The second-order valence-corrected chi connectivity index (χ2v) is 8.63. The lowest BCUT2D eigenvalue weighted by Gasteiger charge is -2.09. The van der Waals surface area contributed by atoms with Gasteiger partial charge in [-0.1, -0.05) is 30.3 Å². The number of anilines is 1. The minimum absolute atomic E-state index is 0.220. The number of rotatable bonds is 5. The maximum atomic E-state index is 13.1. The fraction of sp³-hybridized carbons (Fsp3) is 0.174. The zero-order chi connectivity index (χ0) is 21.3. The zero-order valence-corrected chi connectivity index (χ0v) is 17.9. The highest BCUT2D eigenvalue weighted by Crippen LogP contribution is 2.23. The topological polar surface area (TPSA) is 76.9 Å². The molecule has 0 fully saturated rings. The summed E-state index contributed by atoms with van der Waals surface area (Å²) in [7, 11) is 0.674. The van der Waals surface area contributed by atoms with Gasteiger partial charge in [-0.25, -0.2) is 4.98 Å². The van der Waals surface area contributed by atoms with E-state index in [9.17, 15) is 9.00 Å². The first kappa shape index (κ1) is 20.0. The highest BCUT2D eigenvalue weighted by atomic mass is 32.2. The van der Waals surface area contributed by atoms with Crippen LogP contribution in [0.2, 0.25) is 0 Å². The van der Waals surface area contributed by atoms with Crippen molar-refractivity contribution in [2.75, 3.05) is 5.32 Å². The number of benzene rings is 2. The third kappa shape index (κ3) is 4.02. The second-order valence-electron chi connectivity index (χ2n) is 7.18. The van der Waals surface area contributed by atoms with Crippen molar-refractivity contribution < 1.29 is 9.00 Å². The van der Waals surface area contributed by atoms with E-state index in [1.165, 1.54) is 0 Å². The third-order valence-electron chi connectivity index (χ3n) is 4.83. The lowest BCUT2D eigenvalue weighted by atomic mass is 10.1. The molecule has 0 aliphatic heterocycles. The molecule has 7 heteroatoms. The molecule has 152 valence electrons. The molecule has 0 radical (unpaired) electrons. The standard InChI is InChI=1S/C23H22N4O2S/c1-15-12-20(21-16(2)26-27(3)22(21)24-15)23(28)25-18-9-7-8-17(13-18)14-30(29)19-10-5-4-6-11-19/h4-13H,14H2,1-3H3,(H,25,28). The molecule has 0 bridgehead atoms. The zero-order valence-electron chi connectivity index (χ0n) is 17.0. The molecule has 30 heavy (non-hydrogen) atoms. The average Bonchev–Trinajstić information content (AvgIpc) is 3.01. The van der Waals surface area contributed by atoms with Crippen molar-refractivity contribution in [2.45, 2.75) is 24.5 Å². The van der Waals surface area contributed by atoms with Gasteiger partial charge in [0.15, 0.2) is 5.65 Å². The van der Waals surface area contributed by atoms with Crippen LogP contribution in [-0.2, 0) is 23.6 Å². The summed E-state index contributed by atoms with van der Waals surface area (Å²) in [4.78, 5) is 18.4. The molecule has 0 spiro atoms. The van der Waals surface area contributed by atoms with Gasteiger partial charge in [0, 0.05) is 23.3 Å². The van der Waals surface area contributed by atoms with E-state index >= 15 is 0 Å². The summed E-state index contributed by atoms with van der Waals surface area (Å²) in [6, 6.07) is 18.6. The van der Waals surface area contributed by atoms with E-state index in [0.29, 0.717) is 22.7 Å². The molecule has 0 saturated heterocycles. The number of pyridine rings is 1. The number of aryl methyl sites for hydroxylation is 3. The van der Waals surface area contributed by atoms with Gasteiger partial charge in [0.1, 0.15) is 0 Å². The summed E-state index contributed by atoms with van der Waals surface area (Å²) in [5.74, 6) is 0.163. The second kappa shape index (κ2) is 8.20. The van der Waals surface area contributed by atoms with Gasteiger partial charge in [0.2, 0.25) is 0 Å². The lowest BCUT2D eigenvalue weighted by Crippen LogP contribution is -2.13. The highest BCUT2D eigenvalue weighted by Gasteiger charge is 2.18. The first-order valence-corrected chi connectivity index (χ1v) is 10.9. The minimum Gasteiger partial charge on any atom is -0.322 e. The monoisotopic (exact) mass is 418 g/mol. The smallest absolute Gasteiger partial charge is 0.256 e. The Morgan fingerprint density at radius 3 is 2.60 bits per heavy atom. The van der Waals surface area contributed by atoms with Gasteiger partial charge in [-0.2, -0.15) is 5.10 Å². The van der Waals surface area contributed by atoms with Crippen molar-refractivity contribution >= 4 is 33.4 Å². The molecular formula is C23H22N4O2S. The predicted molar refractivity (Wildman–Crippen MR) is 119 cm³/mol. The van der Waals surface area contributed by atoms with Crippen LogP contribution in [0.5, 0.6) is 0 Å².